The third kappa shape index (κ3) is 3.69. The Kier molecular flexibility index (Phi) is 4.77. The van der Waals surface area contributed by atoms with Gasteiger partial charge >= 0.3 is 0 Å². The summed E-state index contributed by atoms with van der Waals surface area (Å²) in [6.45, 7) is 2.03. The second-order valence-electron chi connectivity index (χ2n) is 7.35. The minimum atomic E-state index is -0.348. The molecule has 0 spiro atoms. The number of nitrogens with one attached hydrogen (secondary N) is 1. The quantitative estimate of drug-likeness (QED) is 0.421. The topological polar surface area (TPSA) is 59.8 Å². The van der Waals surface area contributed by atoms with Gasteiger partial charge in [0.1, 0.15) is 0 Å². The molecule has 1 amide bonds. The normalized spacial score (nSPS) is 10.9. The van der Waals surface area contributed by atoms with E-state index in [9.17, 15) is 4.79 Å². The zero-order valence-corrected chi connectivity index (χ0v) is 17.0. The van der Waals surface area contributed by atoms with E-state index in [-0.39, 0.29) is 11.7 Å². The van der Waals surface area contributed by atoms with Crippen molar-refractivity contribution in [2.45, 2.75) is 6.92 Å². The second-order valence-corrected chi connectivity index (χ2v) is 7.35. The maximum absolute atomic E-state index is 13.1. The van der Waals surface area contributed by atoms with E-state index >= 15 is 0 Å². The van der Waals surface area contributed by atoms with Gasteiger partial charge in [-0.1, -0.05) is 84.4 Å². The van der Waals surface area contributed by atoms with E-state index in [1.807, 2.05) is 104 Å². The highest BCUT2D eigenvalue weighted by Gasteiger charge is 2.19. The Labute approximate surface area is 180 Å². The standard InChI is InChI=1S/C26H20N4O/c1-18-14-16-21(17-15-18)30-25(20-9-3-2-4-10-20)28-24(29-30)26(31)27-23-13-7-11-19-8-5-6-12-22(19)23/h2-17H,1H3,(H,27,31). The smallest absolute Gasteiger partial charge is 0.295 e. The molecule has 0 atom stereocenters. The van der Waals surface area contributed by atoms with Crippen LogP contribution in [0.2, 0.25) is 0 Å². The van der Waals surface area contributed by atoms with Crippen LogP contribution in [0.4, 0.5) is 5.69 Å². The number of fused-ring (bicyclic) bond motifs is 1. The lowest BCUT2D eigenvalue weighted by Crippen LogP contribution is -2.14. The molecule has 1 aromatic heterocycles. The Bertz CT molecular complexity index is 1370. The number of aromatic nitrogens is 3. The predicted molar refractivity (Wildman–Crippen MR) is 123 cm³/mol. The van der Waals surface area contributed by atoms with Crippen LogP contribution < -0.4 is 5.32 Å². The summed E-state index contributed by atoms with van der Waals surface area (Å²) in [5.41, 5.74) is 3.62. The maximum Gasteiger partial charge on any atom is 0.295 e. The predicted octanol–water partition coefficient (Wildman–Crippen LogP) is 5.65. The number of anilines is 1. The molecule has 5 aromatic rings. The molecule has 150 valence electrons. The van der Waals surface area contributed by atoms with Crippen LogP contribution >= 0.6 is 0 Å². The number of nitrogens with zero attached hydrogens (tertiary/aromatic N) is 3. The summed E-state index contributed by atoms with van der Waals surface area (Å²) in [7, 11) is 0. The van der Waals surface area contributed by atoms with Gasteiger partial charge < -0.3 is 5.32 Å². The van der Waals surface area contributed by atoms with Gasteiger partial charge in [0.15, 0.2) is 5.82 Å². The molecule has 5 nitrogen and oxygen atoms in total. The highest BCUT2D eigenvalue weighted by molar-refractivity contribution is 6.07. The van der Waals surface area contributed by atoms with Crippen LogP contribution in [0.1, 0.15) is 16.2 Å². The van der Waals surface area contributed by atoms with Crippen molar-refractivity contribution in [3.05, 3.63) is 108 Å². The third-order valence-electron chi connectivity index (χ3n) is 5.16. The van der Waals surface area contributed by atoms with Crippen LogP contribution in [-0.2, 0) is 0 Å². The van der Waals surface area contributed by atoms with Crippen molar-refractivity contribution in [2.24, 2.45) is 0 Å². The van der Waals surface area contributed by atoms with Gasteiger partial charge in [-0.3, -0.25) is 4.79 Å². The Morgan fingerprint density at radius 2 is 1.52 bits per heavy atom. The highest BCUT2D eigenvalue weighted by atomic mass is 16.2. The molecule has 0 saturated carbocycles. The van der Waals surface area contributed by atoms with Crippen molar-refractivity contribution in [2.75, 3.05) is 5.32 Å². The Hall–Kier alpha value is -4.25. The molecule has 0 aliphatic carbocycles. The molecule has 0 unspecified atom stereocenters. The number of amides is 1. The lowest BCUT2D eigenvalue weighted by Gasteiger charge is -2.07. The number of carbonyl (C=O) groups excluding carboxylic acids is 1. The van der Waals surface area contributed by atoms with Crippen LogP contribution in [0, 0.1) is 6.92 Å². The van der Waals surface area contributed by atoms with Crippen LogP contribution in [0.25, 0.3) is 27.8 Å². The lowest BCUT2D eigenvalue weighted by atomic mass is 10.1. The molecule has 0 aliphatic rings. The Morgan fingerprint density at radius 3 is 2.32 bits per heavy atom. The molecule has 1 heterocycles. The largest absolute Gasteiger partial charge is 0.319 e. The molecule has 5 rings (SSSR count). The van der Waals surface area contributed by atoms with Crippen molar-refractivity contribution < 1.29 is 4.79 Å². The molecule has 0 saturated heterocycles. The van der Waals surface area contributed by atoms with Crippen LogP contribution in [-0.4, -0.2) is 20.7 Å². The van der Waals surface area contributed by atoms with E-state index in [0.29, 0.717) is 5.82 Å². The van der Waals surface area contributed by atoms with E-state index in [4.69, 9.17) is 0 Å². The van der Waals surface area contributed by atoms with Gasteiger partial charge in [-0.25, -0.2) is 9.67 Å². The highest BCUT2D eigenvalue weighted by Crippen LogP contribution is 2.25. The summed E-state index contributed by atoms with van der Waals surface area (Å²) >= 11 is 0. The molecule has 0 fully saturated rings. The van der Waals surface area contributed by atoms with Gasteiger partial charge in [-0.15, -0.1) is 5.10 Å². The van der Waals surface area contributed by atoms with E-state index < -0.39 is 0 Å². The average Bonchev–Trinajstić information content (AvgIpc) is 3.26. The third-order valence-corrected chi connectivity index (χ3v) is 5.16. The number of rotatable bonds is 4. The summed E-state index contributed by atoms with van der Waals surface area (Å²) in [5.74, 6) is 0.388. The fourth-order valence-electron chi connectivity index (χ4n) is 3.56. The van der Waals surface area contributed by atoms with E-state index in [2.05, 4.69) is 15.4 Å². The number of carbonyl (C=O) groups is 1. The molecule has 0 bridgehead atoms. The minimum Gasteiger partial charge on any atom is -0.319 e. The van der Waals surface area contributed by atoms with Crippen molar-refractivity contribution >= 4 is 22.4 Å². The number of aryl methyl sites for hydroxylation is 1. The second kappa shape index (κ2) is 7.88. The summed E-state index contributed by atoms with van der Waals surface area (Å²) in [6, 6.07) is 31.5. The van der Waals surface area contributed by atoms with Crippen LogP contribution in [0.15, 0.2) is 97.1 Å². The zero-order chi connectivity index (χ0) is 21.2. The van der Waals surface area contributed by atoms with Gasteiger partial charge in [0.25, 0.3) is 5.91 Å². The van der Waals surface area contributed by atoms with Gasteiger partial charge in [0.05, 0.1) is 5.69 Å². The first-order valence-corrected chi connectivity index (χ1v) is 10.1. The molecular weight excluding hydrogens is 384 g/mol. The van der Waals surface area contributed by atoms with Crippen molar-refractivity contribution in [3.8, 4) is 17.1 Å². The average molecular weight is 404 g/mol. The number of hydrogen-bond donors (Lipinski definition) is 1. The molecule has 0 radical (unpaired) electrons. The molecule has 0 aliphatic heterocycles. The fraction of sp³-hybridized carbons (Fsp3) is 0.0385. The van der Waals surface area contributed by atoms with Gasteiger partial charge in [0, 0.05) is 16.6 Å². The van der Waals surface area contributed by atoms with Gasteiger partial charge in [-0.05, 0) is 30.5 Å². The molecular formula is C26H20N4O. The van der Waals surface area contributed by atoms with E-state index in [1.165, 1.54) is 0 Å². The van der Waals surface area contributed by atoms with Crippen molar-refractivity contribution in [1.29, 1.82) is 0 Å². The van der Waals surface area contributed by atoms with Crippen LogP contribution in [0.5, 0.6) is 0 Å². The fourth-order valence-corrected chi connectivity index (χ4v) is 3.56. The van der Waals surface area contributed by atoms with Crippen LogP contribution in [0.3, 0.4) is 0 Å². The Morgan fingerprint density at radius 1 is 0.806 bits per heavy atom. The Balaban J connectivity index is 1.56. The van der Waals surface area contributed by atoms with Crippen molar-refractivity contribution in [1.82, 2.24) is 14.8 Å². The first-order chi connectivity index (χ1) is 15.2. The lowest BCUT2D eigenvalue weighted by molar-refractivity contribution is 0.101. The minimum absolute atomic E-state index is 0.118. The molecule has 4 aromatic carbocycles. The zero-order valence-electron chi connectivity index (χ0n) is 17.0. The first kappa shape index (κ1) is 18.8. The molecule has 31 heavy (non-hydrogen) atoms. The summed E-state index contributed by atoms with van der Waals surface area (Å²) < 4.78 is 1.72. The summed E-state index contributed by atoms with van der Waals surface area (Å²) in [4.78, 5) is 17.7. The monoisotopic (exact) mass is 404 g/mol. The van der Waals surface area contributed by atoms with Gasteiger partial charge in [0.2, 0.25) is 5.82 Å². The first-order valence-electron chi connectivity index (χ1n) is 10.1. The SMILES string of the molecule is Cc1ccc(-n2nc(C(=O)Nc3cccc4ccccc34)nc2-c2ccccc2)cc1. The molecule has 1 N–H and O–H groups in total. The summed E-state index contributed by atoms with van der Waals surface area (Å²) in [5, 5.41) is 9.56. The number of hydrogen-bond acceptors (Lipinski definition) is 3. The molecule has 5 heteroatoms. The van der Waals surface area contributed by atoms with E-state index in [0.717, 1.165) is 33.3 Å². The number of benzene rings is 4. The van der Waals surface area contributed by atoms with Gasteiger partial charge in [-0.2, -0.15) is 0 Å². The summed E-state index contributed by atoms with van der Waals surface area (Å²) in [6.07, 6.45) is 0. The van der Waals surface area contributed by atoms with Crippen molar-refractivity contribution in [3.63, 3.8) is 0 Å². The maximum atomic E-state index is 13.1. The van der Waals surface area contributed by atoms with E-state index in [1.54, 1.807) is 4.68 Å².